The monoisotopic (exact) mass is 252 g/mol. The van der Waals surface area contributed by atoms with E-state index in [0.717, 1.165) is 5.52 Å². The van der Waals surface area contributed by atoms with E-state index in [4.69, 9.17) is 11.6 Å². The van der Waals surface area contributed by atoms with Gasteiger partial charge in [-0.3, -0.25) is 10.1 Å². The molecule has 0 aliphatic heterocycles. The largest absolute Gasteiger partial charge is 0.324 e. The van der Waals surface area contributed by atoms with Crippen molar-refractivity contribution in [1.29, 1.82) is 0 Å². The quantitative estimate of drug-likeness (QED) is 0.777. The van der Waals surface area contributed by atoms with E-state index in [1.54, 1.807) is 13.1 Å². The second-order valence-electron chi connectivity index (χ2n) is 3.62. The lowest BCUT2D eigenvalue weighted by molar-refractivity contribution is -0.116. The van der Waals surface area contributed by atoms with Crippen molar-refractivity contribution in [2.45, 2.75) is 6.42 Å². The minimum absolute atomic E-state index is 0.0884. The number of hydrogen-bond acceptors (Lipinski definition) is 3. The molecule has 0 fully saturated rings. The summed E-state index contributed by atoms with van der Waals surface area (Å²) < 4.78 is 0. The number of nitrogens with zero attached hydrogens (tertiary/aromatic N) is 1. The van der Waals surface area contributed by atoms with Gasteiger partial charge in [-0.1, -0.05) is 17.7 Å². The first kappa shape index (κ1) is 11.9. The molecule has 1 aromatic carbocycles. The molecule has 1 aromatic heterocycles. The van der Waals surface area contributed by atoms with Crippen LogP contribution in [0.4, 0.5) is 5.95 Å². The van der Waals surface area contributed by atoms with Crippen molar-refractivity contribution in [1.82, 2.24) is 15.3 Å². The van der Waals surface area contributed by atoms with E-state index >= 15 is 0 Å². The van der Waals surface area contributed by atoms with Gasteiger partial charge in [-0.2, -0.15) is 0 Å². The van der Waals surface area contributed by atoms with E-state index in [9.17, 15) is 4.79 Å². The van der Waals surface area contributed by atoms with Gasteiger partial charge in [-0.15, -0.1) is 0 Å². The lowest BCUT2D eigenvalue weighted by Crippen LogP contribution is -2.19. The first-order valence-corrected chi connectivity index (χ1v) is 5.67. The van der Waals surface area contributed by atoms with E-state index in [2.05, 4.69) is 20.6 Å². The Morgan fingerprint density at radius 3 is 3.06 bits per heavy atom. The number of halogens is 1. The zero-order valence-corrected chi connectivity index (χ0v) is 10.1. The standard InChI is InChI=1S/C11H13ClN4O/c1-13-6-5-9(17)15-11-14-8-4-2-3-7(12)10(8)16-11/h2-4,13H,5-6H2,1H3,(H2,14,15,16,17). The van der Waals surface area contributed by atoms with Gasteiger partial charge in [0.1, 0.15) is 5.52 Å². The molecular formula is C11H13ClN4O. The van der Waals surface area contributed by atoms with Crippen LogP contribution in [0, 0.1) is 0 Å². The summed E-state index contributed by atoms with van der Waals surface area (Å²) >= 11 is 5.99. The van der Waals surface area contributed by atoms with Gasteiger partial charge in [0.15, 0.2) is 0 Å². The first-order chi connectivity index (χ1) is 8.20. The SMILES string of the molecule is CNCCC(=O)Nc1nc2c(Cl)cccc2[nH]1. The third kappa shape index (κ3) is 2.75. The van der Waals surface area contributed by atoms with Gasteiger partial charge in [-0.25, -0.2) is 4.98 Å². The van der Waals surface area contributed by atoms with Crippen molar-refractivity contribution in [2.24, 2.45) is 0 Å². The number of amides is 1. The van der Waals surface area contributed by atoms with Crippen LogP contribution in [0.2, 0.25) is 5.02 Å². The fourth-order valence-electron chi connectivity index (χ4n) is 1.49. The number of carbonyl (C=O) groups is 1. The van der Waals surface area contributed by atoms with Gasteiger partial charge in [0.25, 0.3) is 0 Å². The van der Waals surface area contributed by atoms with Gasteiger partial charge in [0.05, 0.1) is 10.5 Å². The Balaban J connectivity index is 2.14. The van der Waals surface area contributed by atoms with Crippen LogP contribution in [0.25, 0.3) is 11.0 Å². The maximum Gasteiger partial charge on any atom is 0.227 e. The van der Waals surface area contributed by atoms with Crippen molar-refractivity contribution in [3.8, 4) is 0 Å². The van der Waals surface area contributed by atoms with Crippen molar-refractivity contribution < 1.29 is 4.79 Å². The number of aromatic nitrogens is 2. The summed E-state index contributed by atoms with van der Waals surface area (Å²) in [5.41, 5.74) is 1.47. The molecule has 0 spiro atoms. The molecule has 0 bridgehead atoms. The zero-order chi connectivity index (χ0) is 12.3. The van der Waals surface area contributed by atoms with Crippen LogP contribution in [0.3, 0.4) is 0 Å². The minimum Gasteiger partial charge on any atom is -0.324 e. The van der Waals surface area contributed by atoms with Crippen molar-refractivity contribution >= 4 is 34.5 Å². The maximum absolute atomic E-state index is 11.5. The van der Waals surface area contributed by atoms with E-state index in [-0.39, 0.29) is 5.91 Å². The lowest BCUT2D eigenvalue weighted by atomic mass is 10.3. The summed E-state index contributed by atoms with van der Waals surface area (Å²) in [6.07, 6.45) is 0.404. The fraction of sp³-hybridized carbons (Fsp3) is 0.273. The second-order valence-corrected chi connectivity index (χ2v) is 4.03. The Bertz CT molecular complexity index is 537. The van der Waals surface area contributed by atoms with Crippen LogP contribution >= 0.6 is 11.6 Å². The normalized spacial score (nSPS) is 10.7. The van der Waals surface area contributed by atoms with Gasteiger partial charge in [0, 0.05) is 13.0 Å². The van der Waals surface area contributed by atoms with E-state index in [0.29, 0.717) is 29.5 Å². The van der Waals surface area contributed by atoms with Gasteiger partial charge >= 0.3 is 0 Å². The van der Waals surface area contributed by atoms with Gasteiger partial charge < -0.3 is 10.3 Å². The number of H-pyrrole nitrogens is 1. The smallest absolute Gasteiger partial charge is 0.227 e. The topological polar surface area (TPSA) is 69.8 Å². The number of rotatable bonds is 4. The summed E-state index contributed by atoms with van der Waals surface area (Å²) in [6.45, 7) is 0.632. The summed E-state index contributed by atoms with van der Waals surface area (Å²) in [5.74, 6) is 0.337. The minimum atomic E-state index is -0.0884. The third-order valence-electron chi connectivity index (χ3n) is 2.32. The van der Waals surface area contributed by atoms with E-state index in [1.807, 2.05) is 12.1 Å². The molecule has 6 heteroatoms. The van der Waals surface area contributed by atoms with Crippen LogP contribution in [0.5, 0.6) is 0 Å². The highest BCUT2D eigenvalue weighted by molar-refractivity contribution is 6.35. The third-order valence-corrected chi connectivity index (χ3v) is 2.63. The molecule has 0 saturated carbocycles. The molecule has 17 heavy (non-hydrogen) atoms. The molecule has 90 valence electrons. The number of nitrogens with one attached hydrogen (secondary N) is 3. The van der Waals surface area contributed by atoms with Crippen molar-refractivity contribution in [2.75, 3.05) is 18.9 Å². The molecule has 2 aromatic rings. The number of aromatic amines is 1. The van der Waals surface area contributed by atoms with Crippen LogP contribution < -0.4 is 10.6 Å². The maximum atomic E-state index is 11.5. The Morgan fingerprint density at radius 1 is 1.53 bits per heavy atom. The van der Waals surface area contributed by atoms with Crippen molar-refractivity contribution in [3.05, 3.63) is 23.2 Å². The lowest BCUT2D eigenvalue weighted by Gasteiger charge is -2.00. The summed E-state index contributed by atoms with van der Waals surface area (Å²) in [7, 11) is 1.80. The molecular weight excluding hydrogens is 240 g/mol. The Kier molecular flexibility index (Phi) is 3.61. The molecule has 3 N–H and O–H groups in total. The highest BCUT2D eigenvalue weighted by Gasteiger charge is 2.08. The van der Waals surface area contributed by atoms with Crippen LogP contribution in [-0.2, 0) is 4.79 Å². The zero-order valence-electron chi connectivity index (χ0n) is 9.38. The van der Waals surface area contributed by atoms with E-state index < -0.39 is 0 Å². The van der Waals surface area contributed by atoms with Gasteiger partial charge in [0.2, 0.25) is 11.9 Å². The number of imidazole rings is 1. The Morgan fingerprint density at radius 2 is 2.35 bits per heavy atom. The number of para-hydroxylation sites is 1. The predicted octanol–water partition coefficient (Wildman–Crippen LogP) is 1.76. The highest BCUT2D eigenvalue weighted by Crippen LogP contribution is 2.22. The molecule has 0 unspecified atom stereocenters. The fourth-order valence-corrected chi connectivity index (χ4v) is 1.71. The summed E-state index contributed by atoms with van der Waals surface area (Å²) in [4.78, 5) is 18.7. The summed E-state index contributed by atoms with van der Waals surface area (Å²) in [5, 5.41) is 6.16. The molecule has 0 radical (unpaired) electrons. The molecule has 2 rings (SSSR count). The van der Waals surface area contributed by atoms with Crippen LogP contribution in [0.15, 0.2) is 18.2 Å². The number of carbonyl (C=O) groups excluding carboxylic acids is 1. The number of anilines is 1. The molecule has 5 nitrogen and oxygen atoms in total. The Hall–Kier alpha value is -1.59. The van der Waals surface area contributed by atoms with Crippen LogP contribution in [-0.4, -0.2) is 29.5 Å². The van der Waals surface area contributed by atoms with Crippen LogP contribution in [0.1, 0.15) is 6.42 Å². The highest BCUT2D eigenvalue weighted by atomic mass is 35.5. The molecule has 0 saturated heterocycles. The average molecular weight is 253 g/mol. The summed E-state index contributed by atoms with van der Waals surface area (Å²) in [6, 6.07) is 5.45. The first-order valence-electron chi connectivity index (χ1n) is 5.29. The molecule has 0 aliphatic carbocycles. The average Bonchev–Trinajstić information content (AvgIpc) is 2.70. The van der Waals surface area contributed by atoms with E-state index in [1.165, 1.54) is 0 Å². The number of hydrogen-bond donors (Lipinski definition) is 3. The second kappa shape index (κ2) is 5.16. The number of benzene rings is 1. The molecule has 0 aliphatic rings. The molecule has 0 atom stereocenters. The Labute approximate surface area is 104 Å². The van der Waals surface area contributed by atoms with Gasteiger partial charge in [-0.05, 0) is 19.2 Å². The van der Waals surface area contributed by atoms with Crippen molar-refractivity contribution in [3.63, 3.8) is 0 Å². The molecule has 1 amide bonds. The predicted molar refractivity (Wildman–Crippen MR) is 68.3 cm³/mol. The number of fused-ring (bicyclic) bond motifs is 1. The molecule has 1 heterocycles.